The second-order valence-electron chi connectivity index (χ2n) is 4.08. The fourth-order valence-electron chi connectivity index (χ4n) is 2.15. The smallest absolute Gasteiger partial charge is 0.205 e. The van der Waals surface area contributed by atoms with E-state index in [0.29, 0.717) is 5.95 Å². The van der Waals surface area contributed by atoms with Crippen LogP contribution in [0, 0.1) is 6.92 Å². The van der Waals surface area contributed by atoms with Gasteiger partial charge in [0, 0.05) is 5.69 Å². The minimum absolute atomic E-state index is 0.528. The number of anilines is 1. The first-order valence-corrected chi connectivity index (χ1v) is 5.56. The van der Waals surface area contributed by atoms with Crippen molar-refractivity contribution in [3.05, 3.63) is 54.1 Å². The van der Waals surface area contributed by atoms with Crippen molar-refractivity contribution < 1.29 is 0 Å². The molecule has 3 aromatic rings. The maximum atomic E-state index is 6.01. The molecule has 17 heavy (non-hydrogen) atoms. The number of hydrogen-bond acceptors (Lipinski definition) is 2. The first-order chi connectivity index (χ1) is 8.27. The van der Waals surface area contributed by atoms with E-state index in [-0.39, 0.29) is 0 Å². The normalized spacial score (nSPS) is 10.9. The van der Waals surface area contributed by atoms with Gasteiger partial charge in [0.15, 0.2) is 0 Å². The van der Waals surface area contributed by atoms with E-state index in [1.807, 2.05) is 47.0 Å². The van der Waals surface area contributed by atoms with Gasteiger partial charge in [-0.25, -0.2) is 4.98 Å². The molecule has 0 aliphatic rings. The summed E-state index contributed by atoms with van der Waals surface area (Å²) in [5.41, 5.74) is 10.2. The van der Waals surface area contributed by atoms with Gasteiger partial charge in [0.1, 0.15) is 0 Å². The monoisotopic (exact) mass is 223 g/mol. The molecule has 1 aromatic heterocycles. The molecule has 84 valence electrons. The summed E-state index contributed by atoms with van der Waals surface area (Å²) in [5.74, 6) is 0.528. The third-order valence-corrected chi connectivity index (χ3v) is 2.92. The molecule has 3 nitrogen and oxygen atoms in total. The van der Waals surface area contributed by atoms with Crippen LogP contribution in [0.1, 0.15) is 5.56 Å². The Bertz CT molecular complexity index is 669. The number of imidazole rings is 1. The van der Waals surface area contributed by atoms with E-state index in [2.05, 4.69) is 18.0 Å². The Morgan fingerprint density at radius 2 is 1.76 bits per heavy atom. The number of hydrogen-bond donors (Lipinski definition) is 1. The minimum Gasteiger partial charge on any atom is -0.369 e. The SMILES string of the molecule is Cc1cccc2nc(N)n(-c3ccccc3)c12. The Labute approximate surface area is 99.5 Å². The lowest BCUT2D eigenvalue weighted by atomic mass is 10.2. The summed E-state index contributed by atoms with van der Waals surface area (Å²) < 4.78 is 1.99. The number of benzene rings is 2. The van der Waals surface area contributed by atoms with Crippen molar-refractivity contribution in [1.29, 1.82) is 0 Å². The molecule has 3 heteroatoms. The van der Waals surface area contributed by atoms with Gasteiger partial charge in [0.2, 0.25) is 5.95 Å². The summed E-state index contributed by atoms with van der Waals surface area (Å²) in [4.78, 5) is 4.39. The topological polar surface area (TPSA) is 43.8 Å². The Balaban J connectivity index is 2.40. The third kappa shape index (κ3) is 1.47. The molecular formula is C14H13N3. The molecule has 0 aliphatic carbocycles. The molecule has 0 aliphatic heterocycles. The molecule has 0 unspecified atom stereocenters. The van der Waals surface area contributed by atoms with Gasteiger partial charge in [-0.2, -0.15) is 0 Å². The van der Waals surface area contributed by atoms with Crippen LogP contribution in [-0.2, 0) is 0 Å². The lowest BCUT2D eigenvalue weighted by molar-refractivity contribution is 1.10. The Morgan fingerprint density at radius 3 is 2.53 bits per heavy atom. The highest BCUT2D eigenvalue weighted by atomic mass is 15.2. The molecule has 0 spiro atoms. The molecule has 2 N–H and O–H groups in total. The van der Waals surface area contributed by atoms with Gasteiger partial charge in [-0.1, -0.05) is 30.3 Å². The van der Waals surface area contributed by atoms with Gasteiger partial charge >= 0.3 is 0 Å². The molecule has 0 fully saturated rings. The van der Waals surface area contributed by atoms with Gasteiger partial charge in [-0.15, -0.1) is 0 Å². The number of para-hydroxylation sites is 2. The first-order valence-electron chi connectivity index (χ1n) is 5.56. The van der Waals surface area contributed by atoms with Crippen LogP contribution in [0.3, 0.4) is 0 Å². The number of nitrogen functional groups attached to an aromatic ring is 1. The van der Waals surface area contributed by atoms with Crippen LogP contribution in [-0.4, -0.2) is 9.55 Å². The third-order valence-electron chi connectivity index (χ3n) is 2.92. The fraction of sp³-hybridized carbons (Fsp3) is 0.0714. The average molecular weight is 223 g/mol. The Kier molecular flexibility index (Phi) is 2.11. The summed E-state index contributed by atoms with van der Waals surface area (Å²) in [5, 5.41) is 0. The molecule has 0 atom stereocenters. The van der Waals surface area contributed by atoms with E-state index in [9.17, 15) is 0 Å². The van der Waals surface area contributed by atoms with Crippen molar-refractivity contribution in [1.82, 2.24) is 9.55 Å². The highest BCUT2D eigenvalue weighted by Crippen LogP contribution is 2.25. The Hall–Kier alpha value is -2.29. The molecule has 0 bridgehead atoms. The molecule has 0 saturated carbocycles. The maximum Gasteiger partial charge on any atom is 0.205 e. The van der Waals surface area contributed by atoms with E-state index in [1.165, 1.54) is 5.56 Å². The van der Waals surface area contributed by atoms with Crippen LogP contribution >= 0.6 is 0 Å². The summed E-state index contributed by atoms with van der Waals surface area (Å²) in [6.45, 7) is 2.07. The first kappa shape index (κ1) is 9.90. The van der Waals surface area contributed by atoms with Crippen molar-refractivity contribution in [3.63, 3.8) is 0 Å². The molecule has 0 amide bonds. The zero-order valence-corrected chi connectivity index (χ0v) is 9.59. The highest BCUT2D eigenvalue weighted by Gasteiger charge is 2.10. The van der Waals surface area contributed by atoms with Crippen LogP contribution < -0.4 is 5.73 Å². The molecular weight excluding hydrogens is 210 g/mol. The zero-order valence-electron chi connectivity index (χ0n) is 9.59. The minimum atomic E-state index is 0.528. The van der Waals surface area contributed by atoms with Crippen molar-refractivity contribution in [3.8, 4) is 5.69 Å². The van der Waals surface area contributed by atoms with Gasteiger partial charge in [0.05, 0.1) is 11.0 Å². The largest absolute Gasteiger partial charge is 0.369 e. The Morgan fingerprint density at radius 1 is 1.00 bits per heavy atom. The van der Waals surface area contributed by atoms with Crippen LogP contribution in [0.5, 0.6) is 0 Å². The highest BCUT2D eigenvalue weighted by molar-refractivity contribution is 5.83. The summed E-state index contributed by atoms with van der Waals surface area (Å²) >= 11 is 0. The van der Waals surface area contributed by atoms with Crippen molar-refractivity contribution in [2.75, 3.05) is 5.73 Å². The average Bonchev–Trinajstić information content (AvgIpc) is 2.68. The van der Waals surface area contributed by atoms with Crippen molar-refractivity contribution >= 4 is 17.0 Å². The lowest BCUT2D eigenvalue weighted by Crippen LogP contribution is -2.00. The number of aryl methyl sites for hydroxylation is 1. The second-order valence-corrected chi connectivity index (χ2v) is 4.08. The maximum absolute atomic E-state index is 6.01. The van der Waals surface area contributed by atoms with Crippen molar-refractivity contribution in [2.24, 2.45) is 0 Å². The van der Waals surface area contributed by atoms with Crippen molar-refractivity contribution in [2.45, 2.75) is 6.92 Å². The predicted molar refractivity (Wildman–Crippen MR) is 70.2 cm³/mol. The predicted octanol–water partition coefficient (Wildman–Crippen LogP) is 2.92. The van der Waals surface area contributed by atoms with Gasteiger partial charge in [-0.05, 0) is 30.7 Å². The van der Waals surface area contributed by atoms with E-state index < -0.39 is 0 Å². The number of aromatic nitrogens is 2. The summed E-state index contributed by atoms with van der Waals surface area (Å²) in [6.07, 6.45) is 0. The second kappa shape index (κ2) is 3.63. The fourth-order valence-corrected chi connectivity index (χ4v) is 2.15. The van der Waals surface area contributed by atoms with Gasteiger partial charge in [-0.3, -0.25) is 4.57 Å². The lowest BCUT2D eigenvalue weighted by Gasteiger charge is -2.07. The summed E-state index contributed by atoms with van der Waals surface area (Å²) in [7, 11) is 0. The van der Waals surface area contributed by atoms with E-state index in [4.69, 9.17) is 5.73 Å². The quantitative estimate of drug-likeness (QED) is 0.689. The van der Waals surface area contributed by atoms with Crippen LogP contribution in [0.25, 0.3) is 16.7 Å². The number of nitrogens with zero attached hydrogens (tertiary/aromatic N) is 2. The van der Waals surface area contributed by atoms with E-state index in [1.54, 1.807) is 0 Å². The van der Waals surface area contributed by atoms with Crippen LogP contribution in [0.4, 0.5) is 5.95 Å². The zero-order chi connectivity index (χ0) is 11.8. The number of nitrogens with two attached hydrogens (primary N) is 1. The molecule has 2 aromatic carbocycles. The summed E-state index contributed by atoms with van der Waals surface area (Å²) in [6, 6.07) is 16.1. The van der Waals surface area contributed by atoms with Crippen LogP contribution in [0.15, 0.2) is 48.5 Å². The molecule has 0 radical (unpaired) electrons. The van der Waals surface area contributed by atoms with E-state index >= 15 is 0 Å². The van der Waals surface area contributed by atoms with Gasteiger partial charge < -0.3 is 5.73 Å². The molecule has 1 heterocycles. The number of fused-ring (bicyclic) bond motifs is 1. The van der Waals surface area contributed by atoms with E-state index in [0.717, 1.165) is 16.7 Å². The number of rotatable bonds is 1. The van der Waals surface area contributed by atoms with Crippen LogP contribution in [0.2, 0.25) is 0 Å². The molecule has 0 saturated heterocycles. The van der Waals surface area contributed by atoms with Gasteiger partial charge in [0.25, 0.3) is 0 Å². The molecule has 3 rings (SSSR count). The standard InChI is InChI=1S/C14H13N3/c1-10-6-5-9-12-13(10)17(14(15)16-12)11-7-3-2-4-8-11/h2-9H,1H3,(H2,15,16).